The fourth-order valence-corrected chi connectivity index (χ4v) is 13.7. The van der Waals surface area contributed by atoms with E-state index in [4.69, 9.17) is 23.9 Å². The van der Waals surface area contributed by atoms with Crippen molar-refractivity contribution >= 4 is 55.4 Å². The van der Waals surface area contributed by atoms with Gasteiger partial charge in [-0.1, -0.05) is 24.3 Å². The number of aryl methyl sites for hydroxylation is 1. The third-order valence-electron chi connectivity index (χ3n) is 16.7. The molecule has 7 aliphatic rings. The standard InChI is InChI=1S/C52H60N8O9S/c1-33-4-2-3-5-39(33)45-27-52(15-21-67-32-52)31-58(45)37-25-51(26-37)13-17-57(18-14-51)36-6-8-40(42(23-36)59-44-22-35-10-16-53-48(35)55-50(44)69-47-30-68-29-46(47)59)49(61)56-70(64,65)38-7-9-41(43(24-38)60(62)63)54-28-34-11-19-66-20-12-34/h2-10,16,22-24,34,37,45-47,54H,11-15,17-21,25-32H2,1H3,(H,53,55)(H,56,61)/t45-,46-,47-,52?/m1/s1. The summed E-state index contributed by atoms with van der Waals surface area (Å²) in [5.41, 5.74) is 5.89. The highest BCUT2D eigenvalue weighted by atomic mass is 32.2. The van der Waals surface area contributed by atoms with Crippen LogP contribution in [-0.2, 0) is 24.2 Å². The summed E-state index contributed by atoms with van der Waals surface area (Å²) in [5.74, 6) is -0.232. The number of nitro benzene ring substituents is 1. The van der Waals surface area contributed by atoms with E-state index in [2.05, 4.69) is 56.0 Å². The molecule has 368 valence electrons. The quantitative estimate of drug-likeness (QED) is 0.0864. The number of nitrogens with one attached hydrogen (secondary N) is 3. The Labute approximate surface area is 407 Å². The molecule has 3 N–H and O–H groups in total. The number of benzene rings is 3. The van der Waals surface area contributed by atoms with Crippen molar-refractivity contribution in [3.8, 4) is 5.88 Å². The van der Waals surface area contributed by atoms with Crippen LogP contribution in [0.5, 0.6) is 5.88 Å². The fourth-order valence-electron chi connectivity index (χ4n) is 12.7. The van der Waals surface area contributed by atoms with Crippen molar-refractivity contribution in [2.45, 2.75) is 87.4 Å². The van der Waals surface area contributed by atoms with Crippen LogP contribution in [0.25, 0.3) is 11.0 Å². The molecule has 18 heteroatoms. The first-order valence-electron chi connectivity index (χ1n) is 24.9. The molecule has 70 heavy (non-hydrogen) atoms. The number of fused-ring (bicyclic) bond motifs is 3. The van der Waals surface area contributed by atoms with E-state index in [1.807, 2.05) is 35.4 Å². The van der Waals surface area contributed by atoms with Gasteiger partial charge in [0, 0.05) is 86.8 Å². The number of H-pyrrole nitrogens is 1. The minimum Gasteiger partial charge on any atom is -0.468 e. The predicted octanol–water partition coefficient (Wildman–Crippen LogP) is 7.64. The molecule has 6 aliphatic heterocycles. The molecular weight excluding hydrogens is 913 g/mol. The molecule has 0 radical (unpaired) electrons. The maximum Gasteiger partial charge on any atom is 0.293 e. The van der Waals surface area contributed by atoms with Gasteiger partial charge in [0.2, 0.25) is 5.88 Å². The highest BCUT2D eigenvalue weighted by Crippen LogP contribution is 2.58. The SMILES string of the molecule is Cc1ccccc1[C@H]1CC2(CCOC2)CN1C1CC2(CCN(c3ccc(C(=O)NS(=O)(=O)c4ccc(NCC5CCOCC5)c([N+](=O)[O-])c4)c(N4c5cc6cc[nH]c6nc5O[C@@H]5COC[C@H]54)c3)CC2)C1. The van der Waals surface area contributed by atoms with Crippen LogP contribution in [0.1, 0.15) is 78.9 Å². The molecule has 1 unspecified atom stereocenters. The van der Waals surface area contributed by atoms with E-state index in [0.29, 0.717) is 68.0 Å². The zero-order chi connectivity index (χ0) is 47.8. The maximum atomic E-state index is 14.6. The molecule has 2 spiro atoms. The minimum atomic E-state index is -4.59. The Morgan fingerprint density at radius 1 is 0.914 bits per heavy atom. The number of rotatable bonds is 11. The lowest BCUT2D eigenvalue weighted by Crippen LogP contribution is -2.55. The summed E-state index contributed by atoms with van der Waals surface area (Å²) in [6.07, 6.45) is 9.75. The number of anilines is 4. The van der Waals surface area contributed by atoms with Gasteiger partial charge >= 0.3 is 0 Å². The van der Waals surface area contributed by atoms with E-state index < -0.39 is 37.5 Å². The molecule has 5 saturated heterocycles. The van der Waals surface area contributed by atoms with Crippen molar-refractivity contribution in [3.63, 3.8) is 0 Å². The van der Waals surface area contributed by atoms with E-state index in [1.165, 1.54) is 36.1 Å². The number of carbonyl (C=O) groups excluding carboxylic acids is 1. The summed E-state index contributed by atoms with van der Waals surface area (Å²) in [4.78, 5) is 41.1. The summed E-state index contributed by atoms with van der Waals surface area (Å²) < 4.78 is 54.4. The highest BCUT2D eigenvalue weighted by Gasteiger charge is 2.55. The lowest BCUT2D eigenvalue weighted by Gasteiger charge is -2.56. The van der Waals surface area contributed by atoms with Crippen molar-refractivity contribution in [1.82, 2.24) is 19.6 Å². The molecule has 5 aromatic rings. The number of pyridine rings is 1. The lowest BCUT2D eigenvalue weighted by molar-refractivity contribution is -0.384. The molecule has 4 atom stereocenters. The van der Waals surface area contributed by atoms with Gasteiger partial charge in [0.1, 0.15) is 23.1 Å². The van der Waals surface area contributed by atoms with Crippen molar-refractivity contribution in [2.24, 2.45) is 16.7 Å². The summed E-state index contributed by atoms with van der Waals surface area (Å²) >= 11 is 0. The normalized spacial score (nSPS) is 25.8. The predicted molar refractivity (Wildman–Crippen MR) is 263 cm³/mol. The van der Waals surface area contributed by atoms with Gasteiger partial charge in [-0.05, 0) is 123 Å². The molecule has 6 fully saturated rings. The molecule has 1 aliphatic carbocycles. The average molecular weight is 973 g/mol. The number of ether oxygens (including phenoxy) is 4. The van der Waals surface area contributed by atoms with Gasteiger partial charge in [-0.15, -0.1) is 0 Å². The Kier molecular flexibility index (Phi) is 11.5. The first-order chi connectivity index (χ1) is 33.9. The summed E-state index contributed by atoms with van der Waals surface area (Å²) in [6, 6.07) is 22.6. The minimum absolute atomic E-state index is 0.110. The van der Waals surface area contributed by atoms with Gasteiger partial charge in [-0.25, -0.2) is 13.1 Å². The number of piperidine rings is 1. The average Bonchev–Trinajstić information content (AvgIpc) is 4.20. The van der Waals surface area contributed by atoms with E-state index >= 15 is 0 Å². The van der Waals surface area contributed by atoms with Gasteiger partial charge in [-0.2, -0.15) is 4.98 Å². The van der Waals surface area contributed by atoms with Gasteiger partial charge in [0.25, 0.3) is 21.6 Å². The van der Waals surface area contributed by atoms with Crippen LogP contribution in [0.3, 0.4) is 0 Å². The lowest BCUT2D eigenvalue weighted by atomic mass is 9.59. The van der Waals surface area contributed by atoms with Crippen LogP contribution in [0.2, 0.25) is 0 Å². The number of aromatic amines is 1. The second kappa shape index (κ2) is 17.8. The van der Waals surface area contributed by atoms with Gasteiger partial charge in [0.15, 0.2) is 0 Å². The third kappa shape index (κ3) is 8.24. The Morgan fingerprint density at radius 3 is 2.53 bits per heavy atom. The van der Waals surface area contributed by atoms with Crippen LogP contribution in [-0.4, -0.2) is 118 Å². The third-order valence-corrected chi connectivity index (χ3v) is 18.0. The number of likely N-dealkylation sites (tertiary alicyclic amines) is 1. The number of aromatic nitrogens is 2. The number of amides is 1. The van der Waals surface area contributed by atoms with Gasteiger partial charge in [-0.3, -0.25) is 19.8 Å². The van der Waals surface area contributed by atoms with Crippen LogP contribution in [0.4, 0.5) is 28.4 Å². The molecule has 8 heterocycles. The number of hydrogen-bond acceptors (Lipinski definition) is 14. The van der Waals surface area contributed by atoms with E-state index in [1.54, 1.807) is 6.07 Å². The van der Waals surface area contributed by atoms with Crippen molar-refractivity contribution in [2.75, 3.05) is 80.9 Å². The Hall–Kier alpha value is -5.79. The zero-order valence-electron chi connectivity index (χ0n) is 39.4. The van der Waals surface area contributed by atoms with Crippen LogP contribution in [0, 0.1) is 33.8 Å². The monoisotopic (exact) mass is 972 g/mol. The number of sulfonamides is 1. The topological polar surface area (TPSA) is 194 Å². The molecular formula is C52H60N8O9S. The van der Waals surface area contributed by atoms with Crippen LogP contribution < -0.4 is 24.6 Å². The molecule has 0 bridgehead atoms. The molecule has 17 nitrogen and oxygen atoms in total. The zero-order valence-corrected chi connectivity index (χ0v) is 40.3. The maximum absolute atomic E-state index is 14.6. The van der Waals surface area contributed by atoms with Gasteiger partial charge in [0.05, 0.1) is 46.9 Å². The molecule has 1 amide bonds. The summed E-state index contributed by atoms with van der Waals surface area (Å²) in [5, 5.41) is 16.3. The van der Waals surface area contributed by atoms with Gasteiger partial charge < -0.3 is 39.0 Å². The number of nitro groups is 1. The van der Waals surface area contributed by atoms with Crippen LogP contribution in [0.15, 0.2) is 83.9 Å². The van der Waals surface area contributed by atoms with E-state index in [-0.39, 0.29) is 34.0 Å². The number of hydrogen-bond donors (Lipinski definition) is 3. The first-order valence-corrected chi connectivity index (χ1v) is 26.4. The highest BCUT2D eigenvalue weighted by molar-refractivity contribution is 7.90. The van der Waals surface area contributed by atoms with Crippen molar-refractivity contribution < 1.29 is 37.1 Å². The second-order valence-corrected chi connectivity index (χ2v) is 22.7. The fraction of sp³-hybridized carbons (Fsp3) is 0.500. The first kappa shape index (κ1) is 45.4. The summed E-state index contributed by atoms with van der Waals surface area (Å²) in [6.45, 7) is 9.06. The Morgan fingerprint density at radius 2 is 1.74 bits per heavy atom. The Balaban J connectivity index is 0.820. The largest absolute Gasteiger partial charge is 0.468 e. The molecule has 2 aromatic heterocycles. The molecule has 3 aromatic carbocycles. The number of nitrogens with zero attached hydrogens (tertiary/aromatic N) is 5. The smallest absolute Gasteiger partial charge is 0.293 e. The van der Waals surface area contributed by atoms with Crippen molar-refractivity contribution in [1.29, 1.82) is 0 Å². The number of carbonyl (C=O) groups is 1. The molecule has 1 saturated carbocycles. The van der Waals surface area contributed by atoms with Crippen molar-refractivity contribution in [3.05, 3.63) is 106 Å². The summed E-state index contributed by atoms with van der Waals surface area (Å²) in [7, 11) is -4.59. The Bertz CT molecular complexity index is 2940. The van der Waals surface area contributed by atoms with E-state index in [0.717, 1.165) is 88.5 Å². The second-order valence-electron chi connectivity index (χ2n) is 21.0. The van der Waals surface area contributed by atoms with E-state index in [9.17, 15) is 23.3 Å². The molecule has 12 rings (SSSR count). The van der Waals surface area contributed by atoms with Crippen LogP contribution >= 0.6 is 0 Å².